The Hall–Kier alpha value is -2.01. The number of thioether (sulfide) groups is 1. The topological polar surface area (TPSA) is 55.2 Å². The predicted octanol–water partition coefficient (Wildman–Crippen LogP) is 4.49. The molecule has 0 aromatic heterocycles. The quantitative estimate of drug-likeness (QED) is 0.500. The lowest BCUT2D eigenvalue weighted by Gasteiger charge is -2.17. The van der Waals surface area contributed by atoms with Crippen LogP contribution in [0.4, 0.5) is 11.4 Å². The van der Waals surface area contributed by atoms with E-state index in [2.05, 4.69) is 5.32 Å². The van der Waals surface area contributed by atoms with Crippen LogP contribution in [0, 0.1) is 10.1 Å². The Bertz CT molecular complexity index is 616. The summed E-state index contributed by atoms with van der Waals surface area (Å²) in [7, 11) is 0. The molecule has 104 valence electrons. The zero-order valence-corrected chi connectivity index (χ0v) is 12.2. The molecule has 0 aliphatic heterocycles. The maximum absolute atomic E-state index is 10.8. The molecule has 2 aromatic carbocycles. The highest BCUT2D eigenvalue weighted by atomic mass is 32.2. The third-order valence-corrected chi connectivity index (χ3v) is 3.86. The summed E-state index contributed by atoms with van der Waals surface area (Å²) in [5.41, 5.74) is 2.06. The predicted molar refractivity (Wildman–Crippen MR) is 83.4 cm³/mol. The van der Waals surface area contributed by atoms with Gasteiger partial charge in [-0.05, 0) is 30.9 Å². The second kappa shape index (κ2) is 6.43. The Morgan fingerprint density at radius 2 is 1.95 bits per heavy atom. The van der Waals surface area contributed by atoms with Crippen LogP contribution < -0.4 is 5.32 Å². The highest BCUT2D eigenvalue weighted by molar-refractivity contribution is 7.98. The number of hydrogen-bond donors (Lipinski definition) is 1. The largest absolute Gasteiger partial charge is 0.378 e. The van der Waals surface area contributed by atoms with Crippen molar-refractivity contribution in [1.82, 2.24) is 0 Å². The van der Waals surface area contributed by atoms with Gasteiger partial charge < -0.3 is 5.32 Å². The molecule has 0 fully saturated rings. The van der Waals surface area contributed by atoms with Crippen molar-refractivity contribution in [3.63, 3.8) is 0 Å². The van der Waals surface area contributed by atoms with Gasteiger partial charge >= 0.3 is 0 Å². The average molecular weight is 288 g/mol. The number of nitrogens with one attached hydrogen (secondary N) is 1. The molecule has 0 spiro atoms. The summed E-state index contributed by atoms with van der Waals surface area (Å²) >= 11 is 1.67. The normalized spacial score (nSPS) is 11.9. The lowest BCUT2D eigenvalue weighted by atomic mass is 10.1. The molecule has 2 aromatic rings. The Morgan fingerprint density at radius 3 is 2.65 bits per heavy atom. The summed E-state index contributed by atoms with van der Waals surface area (Å²) < 4.78 is 0. The van der Waals surface area contributed by atoms with Gasteiger partial charge in [0.05, 0.1) is 4.92 Å². The first kappa shape index (κ1) is 14.4. The summed E-state index contributed by atoms with van der Waals surface area (Å²) in [6.07, 6.45) is 2.03. The Labute approximate surface area is 122 Å². The van der Waals surface area contributed by atoms with Gasteiger partial charge in [-0.1, -0.05) is 24.3 Å². The van der Waals surface area contributed by atoms with E-state index < -0.39 is 0 Å². The van der Waals surface area contributed by atoms with Crippen LogP contribution >= 0.6 is 11.8 Å². The lowest BCUT2D eigenvalue weighted by Crippen LogP contribution is -2.07. The Balaban J connectivity index is 2.21. The van der Waals surface area contributed by atoms with Gasteiger partial charge in [-0.3, -0.25) is 10.1 Å². The van der Waals surface area contributed by atoms with E-state index in [-0.39, 0.29) is 16.7 Å². The van der Waals surface area contributed by atoms with Crippen LogP contribution in [0.2, 0.25) is 0 Å². The summed E-state index contributed by atoms with van der Waals surface area (Å²) in [6, 6.07) is 14.8. The summed E-state index contributed by atoms with van der Waals surface area (Å²) in [6.45, 7) is 2.00. The Kier molecular flexibility index (Phi) is 4.63. The number of non-ortho nitro benzene ring substituents is 1. The van der Waals surface area contributed by atoms with Crippen molar-refractivity contribution in [2.24, 2.45) is 0 Å². The van der Waals surface area contributed by atoms with E-state index in [1.807, 2.05) is 43.5 Å². The van der Waals surface area contributed by atoms with Gasteiger partial charge in [-0.2, -0.15) is 0 Å². The van der Waals surface area contributed by atoms with E-state index >= 15 is 0 Å². The van der Waals surface area contributed by atoms with Gasteiger partial charge in [-0.15, -0.1) is 11.8 Å². The van der Waals surface area contributed by atoms with Gasteiger partial charge in [0.25, 0.3) is 5.69 Å². The molecule has 2 rings (SSSR count). The van der Waals surface area contributed by atoms with Crippen molar-refractivity contribution in [2.75, 3.05) is 11.6 Å². The minimum atomic E-state index is -0.369. The highest BCUT2D eigenvalue weighted by Crippen LogP contribution is 2.29. The van der Waals surface area contributed by atoms with Crippen LogP contribution in [-0.2, 0) is 0 Å². The van der Waals surface area contributed by atoms with E-state index in [9.17, 15) is 10.1 Å². The molecule has 0 saturated carbocycles. The van der Waals surface area contributed by atoms with Crippen molar-refractivity contribution in [1.29, 1.82) is 0 Å². The zero-order chi connectivity index (χ0) is 14.5. The maximum Gasteiger partial charge on any atom is 0.269 e. The second-order valence-electron chi connectivity index (χ2n) is 4.42. The molecule has 0 heterocycles. The van der Waals surface area contributed by atoms with Gasteiger partial charge in [0, 0.05) is 28.8 Å². The molecule has 4 nitrogen and oxygen atoms in total. The van der Waals surface area contributed by atoms with Gasteiger partial charge in [-0.25, -0.2) is 0 Å². The molecule has 20 heavy (non-hydrogen) atoms. The van der Waals surface area contributed by atoms with E-state index in [1.54, 1.807) is 23.9 Å². The van der Waals surface area contributed by atoms with Crippen LogP contribution in [0.3, 0.4) is 0 Å². The fourth-order valence-corrected chi connectivity index (χ4v) is 2.55. The molecule has 5 heteroatoms. The first-order valence-corrected chi connectivity index (χ1v) is 7.48. The van der Waals surface area contributed by atoms with Crippen LogP contribution in [0.25, 0.3) is 0 Å². The van der Waals surface area contributed by atoms with Gasteiger partial charge in [0.2, 0.25) is 0 Å². The van der Waals surface area contributed by atoms with Gasteiger partial charge in [0.1, 0.15) is 0 Å². The van der Waals surface area contributed by atoms with Crippen LogP contribution in [0.5, 0.6) is 0 Å². The third-order valence-electron chi connectivity index (χ3n) is 3.06. The van der Waals surface area contributed by atoms with Crippen molar-refractivity contribution >= 4 is 23.1 Å². The fourth-order valence-electron chi connectivity index (χ4n) is 1.99. The van der Waals surface area contributed by atoms with Crippen molar-refractivity contribution in [2.45, 2.75) is 17.9 Å². The molecule has 1 N–H and O–H groups in total. The molecule has 0 bridgehead atoms. The molecular weight excluding hydrogens is 272 g/mol. The number of rotatable bonds is 5. The van der Waals surface area contributed by atoms with E-state index in [0.29, 0.717) is 0 Å². The minimum absolute atomic E-state index is 0.00296. The summed E-state index contributed by atoms with van der Waals surface area (Å²) in [5.74, 6) is 0. The fraction of sp³-hybridized carbons (Fsp3) is 0.200. The SMILES string of the molecule is CSc1ccccc1NC(C)c1cccc([N+](=O)[O-])c1. The number of anilines is 1. The summed E-state index contributed by atoms with van der Waals surface area (Å²) in [5, 5.41) is 14.2. The monoisotopic (exact) mass is 288 g/mol. The maximum atomic E-state index is 10.8. The standard InChI is InChI=1S/C15H16N2O2S/c1-11(12-6-5-7-13(10-12)17(18)19)16-14-8-3-4-9-15(14)20-2/h3-11,16H,1-2H3. The Morgan fingerprint density at radius 1 is 1.20 bits per heavy atom. The number of hydrogen-bond acceptors (Lipinski definition) is 4. The molecule has 0 amide bonds. The third kappa shape index (κ3) is 3.30. The minimum Gasteiger partial charge on any atom is -0.378 e. The number of benzene rings is 2. The molecular formula is C15H16N2O2S. The van der Waals surface area contributed by atoms with E-state index in [4.69, 9.17) is 0 Å². The molecule has 1 atom stereocenters. The van der Waals surface area contributed by atoms with Crippen LogP contribution in [-0.4, -0.2) is 11.2 Å². The van der Waals surface area contributed by atoms with Crippen LogP contribution in [0.1, 0.15) is 18.5 Å². The van der Waals surface area contributed by atoms with Crippen molar-refractivity contribution in [3.8, 4) is 0 Å². The average Bonchev–Trinajstić information content (AvgIpc) is 2.48. The highest BCUT2D eigenvalue weighted by Gasteiger charge is 2.11. The molecule has 0 radical (unpaired) electrons. The van der Waals surface area contributed by atoms with Gasteiger partial charge in [0.15, 0.2) is 0 Å². The number of nitro benzene ring substituents is 1. The zero-order valence-electron chi connectivity index (χ0n) is 11.4. The van der Waals surface area contributed by atoms with Crippen molar-refractivity contribution in [3.05, 3.63) is 64.2 Å². The molecule has 0 saturated heterocycles. The van der Waals surface area contributed by atoms with E-state index in [0.717, 1.165) is 16.1 Å². The summed E-state index contributed by atoms with van der Waals surface area (Å²) in [4.78, 5) is 11.6. The second-order valence-corrected chi connectivity index (χ2v) is 5.27. The number of para-hydroxylation sites is 1. The first-order chi connectivity index (χ1) is 9.61. The molecule has 0 aliphatic carbocycles. The number of nitro groups is 1. The first-order valence-electron chi connectivity index (χ1n) is 6.25. The molecule has 1 unspecified atom stereocenters. The lowest BCUT2D eigenvalue weighted by molar-refractivity contribution is -0.384. The number of nitrogens with zero attached hydrogens (tertiary/aromatic N) is 1. The molecule has 0 aliphatic rings. The van der Waals surface area contributed by atoms with Crippen LogP contribution in [0.15, 0.2) is 53.4 Å². The van der Waals surface area contributed by atoms with Crippen molar-refractivity contribution < 1.29 is 4.92 Å². The smallest absolute Gasteiger partial charge is 0.269 e. The van der Waals surface area contributed by atoms with E-state index in [1.165, 1.54) is 6.07 Å².